The molecular weight excluding hydrogens is 244 g/mol. The first kappa shape index (κ1) is 13.6. The van der Waals surface area contributed by atoms with E-state index in [1.807, 2.05) is 17.9 Å². The molecule has 104 valence electrons. The fourth-order valence-corrected chi connectivity index (χ4v) is 2.16. The maximum atomic E-state index is 11.8. The average Bonchev–Trinajstić information content (AvgIpc) is 2.45. The number of piperazine rings is 1. The molecule has 1 aromatic heterocycles. The highest BCUT2D eigenvalue weighted by Crippen LogP contribution is 2.22. The minimum atomic E-state index is 0.0594. The molecule has 1 amide bonds. The lowest BCUT2D eigenvalue weighted by Crippen LogP contribution is -2.50. The minimum Gasteiger partial charge on any atom is -0.396 e. The van der Waals surface area contributed by atoms with E-state index in [1.165, 1.54) is 0 Å². The molecular formula is C13H20N4O2. The first-order valence-corrected chi connectivity index (χ1v) is 6.52. The summed E-state index contributed by atoms with van der Waals surface area (Å²) in [6, 6.07) is 1.91. The normalized spacial score (nSPS) is 15.6. The van der Waals surface area contributed by atoms with Gasteiger partial charge in [0.05, 0.1) is 17.6 Å². The molecule has 0 unspecified atom stereocenters. The predicted molar refractivity (Wildman–Crippen MR) is 73.9 cm³/mol. The Morgan fingerprint density at radius 3 is 2.79 bits per heavy atom. The van der Waals surface area contributed by atoms with Crippen molar-refractivity contribution in [3.05, 3.63) is 18.5 Å². The Balaban J connectivity index is 1.89. The summed E-state index contributed by atoms with van der Waals surface area (Å²) in [6.07, 6.45) is 3.39. The number of hydrogen-bond acceptors (Lipinski definition) is 5. The molecule has 0 saturated carbocycles. The number of nitrogens with zero attached hydrogens (tertiary/aromatic N) is 3. The number of carbonyl (C=O) groups is 1. The highest BCUT2D eigenvalue weighted by Gasteiger charge is 2.21. The van der Waals surface area contributed by atoms with Crippen LogP contribution in [0.4, 0.5) is 11.4 Å². The summed E-state index contributed by atoms with van der Waals surface area (Å²) in [7, 11) is 0. The lowest BCUT2D eigenvalue weighted by atomic mass is 10.2. The number of amides is 1. The van der Waals surface area contributed by atoms with Gasteiger partial charge in [-0.3, -0.25) is 9.78 Å². The number of hydrogen-bond donors (Lipinski definition) is 1. The zero-order chi connectivity index (χ0) is 13.7. The van der Waals surface area contributed by atoms with Crippen molar-refractivity contribution in [2.75, 3.05) is 50.0 Å². The molecule has 0 spiro atoms. The number of anilines is 2. The SMILES string of the molecule is CCOCC(=O)N1CCN(c2ccncc2N)CC1. The second kappa shape index (κ2) is 6.38. The van der Waals surface area contributed by atoms with E-state index in [9.17, 15) is 4.79 Å². The summed E-state index contributed by atoms with van der Waals surface area (Å²) in [5.74, 6) is 0.0594. The third-order valence-electron chi connectivity index (χ3n) is 3.23. The first-order chi connectivity index (χ1) is 9.22. The van der Waals surface area contributed by atoms with Crippen molar-refractivity contribution in [2.45, 2.75) is 6.92 Å². The minimum absolute atomic E-state index is 0.0594. The molecule has 0 aliphatic carbocycles. The highest BCUT2D eigenvalue weighted by molar-refractivity contribution is 5.78. The largest absolute Gasteiger partial charge is 0.396 e. The first-order valence-electron chi connectivity index (χ1n) is 6.52. The van der Waals surface area contributed by atoms with Crippen LogP contribution in [-0.4, -0.2) is 55.2 Å². The van der Waals surface area contributed by atoms with E-state index in [0.29, 0.717) is 25.4 Å². The van der Waals surface area contributed by atoms with Crippen LogP contribution in [0.1, 0.15) is 6.92 Å². The van der Waals surface area contributed by atoms with Gasteiger partial charge in [-0.2, -0.15) is 0 Å². The third kappa shape index (κ3) is 3.35. The van der Waals surface area contributed by atoms with Crippen molar-refractivity contribution >= 4 is 17.3 Å². The number of ether oxygens (including phenoxy) is 1. The Kier molecular flexibility index (Phi) is 4.57. The van der Waals surface area contributed by atoms with Crippen molar-refractivity contribution < 1.29 is 9.53 Å². The molecule has 1 saturated heterocycles. The predicted octanol–water partition coefficient (Wildman–Crippen LogP) is 0.349. The maximum absolute atomic E-state index is 11.8. The molecule has 1 fully saturated rings. The van der Waals surface area contributed by atoms with Gasteiger partial charge in [0.15, 0.2) is 0 Å². The number of rotatable bonds is 4. The van der Waals surface area contributed by atoms with Gasteiger partial charge in [-0.25, -0.2) is 0 Å². The van der Waals surface area contributed by atoms with Gasteiger partial charge in [0.2, 0.25) is 5.91 Å². The van der Waals surface area contributed by atoms with Crippen LogP contribution < -0.4 is 10.6 Å². The molecule has 6 nitrogen and oxygen atoms in total. The second-order valence-electron chi connectivity index (χ2n) is 4.44. The molecule has 2 rings (SSSR count). The van der Waals surface area contributed by atoms with Crippen LogP contribution in [0.5, 0.6) is 0 Å². The molecule has 1 aliphatic rings. The van der Waals surface area contributed by atoms with Gasteiger partial charge in [-0.15, -0.1) is 0 Å². The quantitative estimate of drug-likeness (QED) is 0.849. The number of pyridine rings is 1. The highest BCUT2D eigenvalue weighted by atomic mass is 16.5. The number of nitrogen functional groups attached to an aromatic ring is 1. The van der Waals surface area contributed by atoms with E-state index in [4.69, 9.17) is 10.5 Å². The van der Waals surface area contributed by atoms with E-state index in [2.05, 4.69) is 9.88 Å². The topological polar surface area (TPSA) is 71.7 Å². The van der Waals surface area contributed by atoms with Gasteiger partial charge in [0.25, 0.3) is 0 Å². The molecule has 2 N–H and O–H groups in total. The molecule has 2 heterocycles. The Hall–Kier alpha value is -1.82. The zero-order valence-electron chi connectivity index (χ0n) is 11.2. The summed E-state index contributed by atoms with van der Waals surface area (Å²) >= 11 is 0. The van der Waals surface area contributed by atoms with E-state index in [-0.39, 0.29) is 12.5 Å². The number of carbonyl (C=O) groups excluding carboxylic acids is 1. The maximum Gasteiger partial charge on any atom is 0.248 e. The average molecular weight is 264 g/mol. The molecule has 1 aromatic rings. The molecule has 6 heteroatoms. The lowest BCUT2D eigenvalue weighted by Gasteiger charge is -2.36. The van der Waals surface area contributed by atoms with Crippen LogP contribution in [0.3, 0.4) is 0 Å². The summed E-state index contributed by atoms with van der Waals surface area (Å²) in [5, 5.41) is 0. The molecule has 0 radical (unpaired) electrons. The zero-order valence-corrected chi connectivity index (χ0v) is 11.2. The Bertz CT molecular complexity index is 430. The third-order valence-corrected chi connectivity index (χ3v) is 3.23. The fourth-order valence-electron chi connectivity index (χ4n) is 2.16. The molecule has 19 heavy (non-hydrogen) atoms. The summed E-state index contributed by atoms with van der Waals surface area (Å²) < 4.78 is 5.15. The van der Waals surface area contributed by atoms with Crippen LogP contribution in [0.15, 0.2) is 18.5 Å². The van der Waals surface area contributed by atoms with Gasteiger partial charge >= 0.3 is 0 Å². The van der Waals surface area contributed by atoms with Crippen LogP contribution in [0.25, 0.3) is 0 Å². The van der Waals surface area contributed by atoms with Crippen molar-refractivity contribution in [3.63, 3.8) is 0 Å². The summed E-state index contributed by atoms with van der Waals surface area (Å²) in [4.78, 5) is 19.8. The van der Waals surface area contributed by atoms with Gasteiger partial charge < -0.3 is 20.3 Å². The van der Waals surface area contributed by atoms with Crippen LogP contribution in [0, 0.1) is 0 Å². The lowest BCUT2D eigenvalue weighted by molar-refractivity contribution is -0.136. The Morgan fingerprint density at radius 2 is 2.16 bits per heavy atom. The van der Waals surface area contributed by atoms with Crippen molar-refractivity contribution in [3.8, 4) is 0 Å². The van der Waals surface area contributed by atoms with Crippen molar-refractivity contribution in [1.82, 2.24) is 9.88 Å². The van der Waals surface area contributed by atoms with Crippen LogP contribution >= 0.6 is 0 Å². The monoisotopic (exact) mass is 264 g/mol. The van der Waals surface area contributed by atoms with E-state index >= 15 is 0 Å². The smallest absolute Gasteiger partial charge is 0.248 e. The number of aromatic nitrogens is 1. The Morgan fingerprint density at radius 1 is 1.42 bits per heavy atom. The fraction of sp³-hybridized carbons (Fsp3) is 0.538. The standard InChI is InChI=1S/C13H20N4O2/c1-2-19-10-13(18)17-7-5-16(6-8-17)12-3-4-15-9-11(12)14/h3-4,9H,2,5-8,10,14H2,1H3. The van der Waals surface area contributed by atoms with Gasteiger partial charge in [-0.05, 0) is 13.0 Å². The van der Waals surface area contributed by atoms with E-state index in [0.717, 1.165) is 18.8 Å². The molecule has 0 bridgehead atoms. The summed E-state index contributed by atoms with van der Waals surface area (Å²) in [5.41, 5.74) is 7.58. The van der Waals surface area contributed by atoms with Gasteiger partial charge in [-0.1, -0.05) is 0 Å². The van der Waals surface area contributed by atoms with E-state index in [1.54, 1.807) is 12.4 Å². The second-order valence-corrected chi connectivity index (χ2v) is 4.44. The number of nitrogens with two attached hydrogens (primary N) is 1. The molecule has 0 aromatic carbocycles. The van der Waals surface area contributed by atoms with Gasteiger partial charge in [0.1, 0.15) is 6.61 Å². The Labute approximate surface area is 113 Å². The van der Waals surface area contributed by atoms with Crippen LogP contribution in [-0.2, 0) is 9.53 Å². The van der Waals surface area contributed by atoms with Gasteiger partial charge in [0, 0.05) is 39.0 Å². The summed E-state index contributed by atoms with van der Waals surface area (Å²) in [6.45, 7) is 5.60. The van der Waals surface area contributed by atoms with Crippen molar-refractivity contribution in [2.24, 2.45) is 0 Å². The van der Waals surface area contributed by atoms with Crippen LogP contribution in [0.2, 0.25) is 0 Å². The molecule has 1 aliphatic heterocycles. The molecule has 0 atom stereocenters. The van der Waals surface area contributed by atoms with Crippen molar-refractivity contribution in [1.29, 1.82) is 0 Å². The van der Waals surface area contributed by atoms with E-state index < -0.39 is 0 Å².